The van der Waals surface area contributed by atoms with Gasteiger partial charge in [0.2, 0.25) is 0 Å². The minimum absolute atomic E-state index is 0.234. The van der Waals surface area contributed by atoms with Crippen molar-refractivity contribution in [1.82, 2.24) is 4.98 Å². The zero-order chi connectivity index (χ0) is 15.5. The number of alkyl halides is 1. The third-order valence-corrected chi connectivity index (χ3v) is 4.65. The fourth-order valence-corrected chi connectivity index (χ4v) is 3.50. The molecule has 0 radical (unpaired) electrons. The van der Waals surface area contributed by atoms with Gasteiger partial charge in [0, 0.05) is 22.5 Å². The van der Waals surface area contributed by atoms with E-state index in [9.17, 15) is 4.79 Å². The van der Waals surface area contributed by atoms with Crippen molar-refractivity contribution in [2.45, 2.75) is 45.4 Å². The molecule has 22 heavy (non-hydrogen) atoms. The topological polar surface area (TPSA) is 42.1 Å². The molecule has 2 aromatic rings. The molecule has 1 aromatic heterocycles. The van der Waals surface area contributed by atoms with Crippen molar-refractivity contribution in [1.29, 1.82) is 0 Å². The number of H-pyrrole nitrogens is 1. The van der Waals surface area contributed by atoms with Crippen LogP contribution in [0.15, 0.2) is 12.1 Å². The molecule has 0 aliphatic heterocycles. The number of rotatable bonds is 5. The number of halogens is 1. The van der Waals surface area contributed by atoms with Gasteiger partial charge in [0.1, 0.15) is 0 Å². The third kappa shape index (κ3) is 2.87. The molecule has 0 bridgehead atoms. The number of carbonyl (C=O) groups excluding carboxylic acids is 1. The monoisotopic (exact) mass is 319 g/mol. The zero-order valence-corrected chi connectivity index (χ0v) is 13.8. The summed E-state index contributed by atoms with van der Waals surface area (Å²) in [5.74, 6) is 0.397. The second kappa shape index (κ2) is 6.74. The van der Waals surface area contributed by atoms with Crippen molar-refractivity contribution in [3.63, 3.8) is 0 Å². The lowest BCUT2D eigenvalue weighted by Crippen LogP contribution is -2.06. The fraction of sp³-hybridized carbons (Fsp3) is 0.500. The Bertz CT molecular complexity index is 690. The normalized spacial score (nSPS) is 14.1. The van der Waals surface area contributed by atoms with Gasteiger partial charge in [0.15, 0.2) is 0 Å². The SMILES string of the molecule is CCOC(=O)c1cc(CCCCl)c2[nH]c3c(c2c1)CCCC3. The van der Waals surface area contributed by atoms with Crippen molar-refractivity contribution < 1.29 is 9.53 Å². The standard InChI is InChI=1S/C18H22ClNO2/c1-2-22-18(21)13-10-12(6-5-9-19)17-15(11-13)14-7-3-4-8-16(14)20-17/h10-11,20H,2-9H2,1H3. The third-order valence-electron chi connectivity index (χ3n) is 4.38. The van der Waals surface area contributed by atoms with Gasteiger partial charge in [-0.05, 0) is 68.7 Å². The number of fused-ring (bicyclic) bond motifs is 3. The Hall–Kier alpha value is -1.48. The van der Waals surface area contributed by atoms with E-state index in [1.54, 1.807) is 0 Å². The molecule has 0 saturated carbocycles. The lowest BCUT2D eigenvalue weighted by molar-refractivity contribution is 0.0526. The number of aryl methyl sites for hydroxylation is 3. The van der Waals surface area contributed by atoms with E-state index in [1.807, 2.05) is 19.1 Å². The van der Waals surface area contributed by atoms with E-state index in [1.165, 1.54) is 40.6 Å². The van der Waals surface area contributed by atoms with Crippen LogP contribution in [-0.2, 0) is 24.0 Å². The molecule has 1 aliphatic rings. The summed E-state index contributed by atoms with van der Waals surface area (Å²) in [5.41, 5.74) is 5.75. The van der Waals surface area contributed by atoms with E-state index in [0.29, 0.717) is 18.1 Å². The van der Waals surface area contributed by atoms with E-state index in [2.05, 4.69) is 4.98 Å². The highest BCUT2D eigenvalue weighted by Crippen LogP contribution is 2.32. The minimum Gasteiger partial charge on any atom is -0.462 e. The Morgan fingerprint density at radius 1 is 1.32 bits per heavy atom. The van der Waals surface area contributed by atoms with Crippen LogP contribution >= 0.6 is 11.6 Å². The molecule has 0 amide bonds. The molecule has 4 heteroatoms. The van der Waals surface area contributed by atoms with Gasteiger partial charge in [0.25, 0.3) is 0 Å². The van der Waals surface area contributed by atoms with Crippen LogP contribution in [0.2, 0.25) is 0 Å². The van der Waals surface area contributed by atoms with E-state index in [-0.39, 0.29) is 5.97 Å². The van der Waals surface area contributed by atoms with Crippen molar-refractivity contribution >= 4 is 28.5 Å². The molecule has 1 heterocycles. The molecule has 3 rings (SSSR count). The van der Waals surface area contributed by atoms with Gasteiger partial charge in [0.05, 0.1) is 12.2 Å². The van der Waals surface area contributed by atoms with Gasteiger partial charge in [-0.1, -0.05) is 0 Å². The molecule has 1 aliphatic carbocycles. The summed E-state index contributed by atoms with van der Waals surface area (Å²) in [7, 11) is 0. The van der Waals surface area contributed by atoms with Gasteiger partial charge in [-0.15, -0.1) is 11.6 Å². The van der Waals surface area contributed by atoms with E-state index in [4.69, 9.17) is 16.3 Å². The first-order chi connectivity index (χ1) is 10.7. The number of aromatic nitrogens is 1. The maximum absolute atomic E-state index is 12.1. The highest BCUT2D eigenvalue weighted by molar-refractivity contribution is 6.17. The van der Waals surface area contributed by atoms with Crippen LogP contribution in [0, 0.1) is 0 Å². The van der Waals surface area contributed by atoms with Crippen LogP contribution in [0.4, 0.5) is 0 Å². The first-order valence-electron chi connectivity index (χ1n) is 8.14. The fourth-order valence-electron chi connectivity index (χ4n) is 3.37. The van der Waals surface area contributed by atoms with Gasteiger partial charge in [-0.3, -0.25) is 0 Å². The molecule has 1 aromatic carbocycles. The first kappa shape index (κ1) is 15.4. The molecular weight excluding hydrogens is 298 g/mol. The van der Waals surface area contributed by atoms with Crippen LogP contribution < -0.4 is 0 Å². The highest BCUT2D eigenvalue weighted by atomic mass is 35.5. The quantitative estimate of drug-likeness (QED) is 0.656. The molecule has 0 saturated heterocycles. The molecule has 0 unspecified atom stereocenters. The summed E-state index contributed by atoms with van der Waals surface area (Å²) >= 11 is 5.85. The summed E-state index contributed by atoms with van der Waals surface area (Å²) in [6.07, 6.45) is 6.45. The number of hydrogen-bond acceptors (Lipinski definition) is 2. The summed E-state index contributed by atoms with van der Waals surface area (Å²) in [5, 5.41) is 1.20. The largest absolute Gasteiger partial charge is 0.462 e. The van der Waals surface area contributed by atoms with Gasteiger partial charge in [-0.2, -0.15) is 0 Å². The predicted molar refractivity (Wildman–Crippen MR) is 89.9 cm³/mol. The van der Waals surface area contributed by atoms with Crippen LogP contribution in [-0.4, -0.2) is 23.4 Å². The second-order valence-corrected chi connectivity index (χ2v) is 6.24. The Kier molecular flexibility index (Phi) is 4.72. The highest BCUT2D eigenvalue weighted by Gasteiger charge is 2.19. The van der Waals surface area contributed by atoms with Crippen LogP contribution in [0.5, 0.6) is 0 Å². The van der Waals surface area contributed by atoms with Crippen LogP contribution in [0.3, 0.4) is 0 Å². The minimum atomic E-state index is -0.234. The summed E-state index contributed by atoms with van der Waals surface area (Å²) in [6, 6.07) is 3.97. The van der Waals surface area contributed by atoms with Crippen LogP contribution in [0.25, 0.3) is 10.9 Å². The first-order valence-corrected chi connectivity index (χ1v) is 8.67. The van der Waals surface area contributed by atoms with Crippen molar-refractivity contribution in [2.24, 2.45) is 0 Å². The maximum Gasteiger partial charge on any atom is 0.338 e. The number of carbonyl (C=O) groups is 1. The van der Waals surface area contributed by atoms with Crippen molar-refractivity contribution in [3.8, 4) is 0 Å². The Morgan fingerprint density at radius 3 is 2.91 bits per heavy atom. The molecule has 0 atom stereocenters. The number of benzene rings is 1. The van der Waals surface area contributed by atoms with E-state index >= 15 is 0 Å². The lowest BCUT2D eigenvalue weighted by Gasteiger charge is -2.11. The second-order valence-electron chi connectivity index (χ2n) is 5.86. The van der Waals surface area contributed by atoms with Crippen molar-refractivity contribution in [2.75, 3.05) is 12.5 Å². The Labute approximate surface area is 136 Å². The van der Waals surface area contributed by atoms with Crippen molar-refractivity contribution in [3.05, 3.63) is 34.5 Å². The Balaban J connectivity index is 2.12. The molecule has 3 nitrogen and oxygen atoms in total. The summed E-state index contributed by atoms with van der Waals surface area (Å²) in [4.78, 5) is 15.7. The van der Waals surface area contributed by atoms with Crippen LogP contribution in [0.1, 0.15) is 53.4 Å². The average Bonchev–Trinajstić information content (AvgIpc) is 2.91. The maximum atomic E-state index is 12.1. The van der Waals surface area contributed by atoms with Gasteiger partial charge < -0.3 is 9.72 Å². The number of esters is 1. The average molecular weight is 320 g/mol. The van der Waals surface area contributed by atoms with Gasteiger partial charge in [-0.25, -0.2) is 4.79 Å². The smallest absolute Gasteiger partial charge is 0.338 e. The van der Waals surface area contributed by atoms with E-state index in [0.717, 1.165) is 25.7 Å². The molecule has 118 valence electrons. The Morgan fingerprint density at radius 2 is 2.14 bits per heavy atom. The molecule has 0 fully saturated rings. The number of hydrogen-bond donors (Lipinski definition) is 1. The summed E-state index contributed by atoms with van der Waals surface area (Å²) < 4.78 is 5.18. The number of nitrogens with one attached hydrogen (secondary N) is 1. The van der Waals surface area contributed by atoms with Gasteiger partial charge >= 0.3 is 5.97 Å². The summed E-state index contributed by atoms with van der Waals surface area (Å²) in [6.45, 7) is 2.24. The molecular formula is C18H22ClNO2. The molecule has 0 spiro atoms. The predicted octanol–water partition coefficient (Wildman–Crippen LogP) is 4.39. The van der Waals surface area contributed by atoms with E-state index < -0.39 is 0 Å². The molecule has 1 N–H and O–H groups in total. The number of aromatic amines is 1. The lowest BCUT2D eigenvalue weighted by atomic mass is 9.94. The number of ether oxygens (including phenoxy) is 1. The zero-order valence-electron chi connectivity index (χ0n) is 13.0.